The molecule has 0 atom stereocenters. The minimum absolute atomic E-state index is 0.0300. The number of hydrogen-bond acceptors (Lipinski definition) is 5. The lowest BCUT2D eigenvalue weighted by atomic mass is 10.2. The molecule has 0 spiro atoms. The van der Waals surface area contributed by atoms with E-state index in [9.17, 15) is 4.79 Å². The number of benzene rings is 1. The van der Waals surface area contributed by atoms with Crippen molar-refractivity contribution in [2.75, 3.05) is 5.32 Å². The lowest BCUT2D eigenvalue weighted by molar-refractivity contribution is 0.102. The number of halogens is 1. The highest BCUT2D eigenvalue weighted by Gasteiger charge is 2.11. The van der Waals surface area contributed by atoms with E-state index in [0.717, 1.165) is 4.47 Å². The molecule has 1 amide bonds. The van der Waals surface area contributed by atoms with Crippen LogP contribution < -0.4 is 10.1 Å². The van der Waals surface area contributed by atoms with Crippen LogP contribution >= 0.6 is 15.9 Å². The van der Waals surface area contributed by atoms with Crippen LogP contribution in [-0.4, -0.2) is 32.6 Å². The average molecular weight is 326 g/mol. The van der Waals surface area contributed by atoms with Crippen molar-refractivity contribution < 1.29 is 9.53 Å². The molecule has 1 aromatic heterocycles. The highest BCUT2D eigenvalue weighted by atomic mass is 79.9. The van der Waals surface area contributed by atoms with Gasteiger partial charge < -0.3 is 4.74 Å². The number of carbonyl (C=O) groups is 1. The Morgan fingerprint density at radius 3 is 2.84 bits per heavy atom. The van der Waals surface area contributed by atoms with Gasteiger partial charge in [0.15, 0.2) is 0 Å². The van der Waals surface area contributed by atoms with Crippen LogP contribution in [-0.2, 0) is 0 Å². The fourth-order valence-corrected chi connectivity index (χ4v) is 1.89. The molecule has 19 heavy (non-hydrogen) atoms. The van der Waals surface area contributed by atoms with Crippen molar-refractivity contribution in [3.8, 4) is 5.75 Å². The first-order valence-electron chi connectivity index (χ1n) is 5.56. The molecule has 0 fully saturated rings. The highest BCUT2D eigenvalue weighted by molar-refractivity contribution is 9.10. The molecule has 0 unspecified atom stereocenters. The molecule has 0 radical (unpaired) electrons. The zero-order valence-corrected chi connectivity index (χ0v) is 11.9. The number of carbonyl (C=O) groups excluding carboxylic acids is 1. The molecule has 0 saturated carbocycles. The van der Waals surface area contributed by atoms with Gasteiger partial charge in [-0.15, -0.1) is 5.10 Å². The normalized spacial score (nSPS) is 10.5. The summed E-state index contributed by atoms with van der Waals surface area (Å²) in [6, 6.07) is 5.13. The molecule has 7 nitrogen and oxygen atoms in total. The maximum atomic E-state index is 12.0. The Morgan fingerprint density at radius 1 is 1.42 bits per heavy atom. The lowest BCUT2D eigenvalue weighted by Gasteiger charge is -2.11. The van der Waals surface area contributed by atoms with E-state index in [2.05, 4.69) is 41.9 Å². The highest BCUT2D eigenvalue weighted by Crippen LogP contribution is 2.23. The molecule has 0 aliphatic carbocycles. The van der Waals surface area contributed by atoms with Crippen molar-refractivity contribution in [3.05, 3.63) is 28.2 Å². The van der Waals surface area contributed by atoms with Crippen LogP contribution in [0.15, 0.2) is 22.7 Å². The van der Waals surface area contributed by atoms with E-state index < -0.39 is 0 Å². The van der Waals surface area contributed by atoms with E-state index in [1.165, 1.54) is 0 Å². The van der Waals surface area contributed by atoms with Crippen molar-refractivity contribution in [2.45, 2.75) is 20.0 Å². The first kappa shape index (κ1) is 13.5. The van der Waals surface area contributed by atoms with Crippen molar-refractivity contribution in [1.29, 1.82) is 0 Å². The van der Waals surface area contributed by atoms with Crippen LogP contribution in [0.5, 0.6) is 5.75 Å². The fourth-order valence-electron chi connectivity index (χ4n) is 1.42. The lowest BCUT2D eigenvalue weighted by Crippen LogP contribution is -2.14. The topological polar surface area (TPSA) is 92.8 Å². The quantitative estimate of drug-likeness (QED) is 0.896. The minimum atomic E-state index is -0.337. The monoisotopic (exact) mass is 325 g/mol. The Kier molecular flexibility index (Phi) is 4.10. The zero-order valence-electron chi connectivity index (χ0n) is 10.3. The maximum Gasteiger partial charge on any atom is 0.270 e. The summed E-state index contributed by atoms with van der Waals surface area (Å²) in [6.07, 6.45) is 0.0300. The fraction of sp³-hybridized carbons (Fsp3) is 0.273. The standard InChI is InChI=1S/C11H12BrN5O2/c1-6(2)19-9-4-7(3-8(12)5-9)10(18)13-11-14-16-17-15-11/h3-6H,1-2H3,(H2,13,14,15,16,17,18). The number of ether oxygens (including phenoxy) is 1. The van der Waals surface area contributed by atoms with E-state index in [0.29, 0.717) is 11.3 Å². The number of aromatic nitrogens is 4. The van der Waals surface area contributed by atoms with Gasteiger partial charge in [0.05, 0.1) is 6.10 Å². The van der Waals surface area contributed by atoms with Gasteiger partial charge in [0, 0.05) is 10.0 Å². The van der Waals surface area contributed by atoms with Crippen molar-refractivity contribution >= 4 is 27.8 Å². The van der Waals surface area contributed by atoms with Crippen LogP contribution in [0.4, 0.5) is 5.95 Å². The third-order valence-electron chi connectivity index (χ3n) is 2.08. The number of H-pyrrole nitrogens is 1. The molecule has 1 aromatic carbocycles. The Labute approximate surface area is 117 Å². The van der Waals surface area contributed by atoms with E-state index in [1.807, 2.05) is 13.8 Å². The molecule has 0 saturated heterocycles. The largest absolute Gasteiger partial charge is 0.491 e. The molecule has 1 heterocycles. The van der Waals surface area contributed by atoms with Gasteiger partial charge >= 0.3 is 0 Å². The van der Waals surface area contributed by atoms with Gasteiger partial charge in [0.1, 0.15) is 5.75 Å². The zero-order chi connectivity index (χ0) is 13.8. The van der Waals surface area contributed by atoms with Crippen LogP contribution in [0.25, 0.3) is 0 Å². The van der Waals surface area contributed by atoms with E-state index in [1.54, 1.807) is 18.2 Å². The maximum absolute atomic E-state index is 12.0. The third-order valence-corrected chi connectivity index (χ3v) is 2.53. The van der Waals surface area contributed by atoms with Crippen molar-refractivity contribution in [1.82, 2.24) is 20.6 Å². The number of nitrogens with one attached hydrogen (secondary N) is 2. The summed E-state index contributed by atoms with van der Waals surface area (Å²) in [5.74, 6) is 0.398. The van der Waals surface area contributed by atoms with Crippen LogP contribution in [0.2, 0.25) is 0 Å². The predicted molar refractivity (Wildman–Crippen MR) is 72.0 cm³/mol. The second kappa shape index (κ2) is 5.79. The number of rotatable bonds is 4. The Hall–Kier alpha value is -1.96. The Morgan fingerprint density at radius 2 is 2.21 bits per heavy atom. The molecule has 2 rings (SSSR count). The number of hydrogen-bond donors (Lipinski definition) is 2. The molecule has 2 aromatic rings. The third kappa shape index (κ3) is 3.75. The summed E-state index contributed by atoms with van der Waals surface area (Å²) in [5, 5.41) is 15.4. The molecule has 100 valence electrons. The second-order valence-electron chi connectivity index (χ2n) is 4.03. The van der Waals surface area contributed by atoms with Gasteiger partial charge in [-0.05, 0) is 37.3 Å². The van der Waals surface area contributed by atoms with Gasteiger partial charge in [0.2, 0.25) is 0 Å². The van der Waals surface area contributed by atoms with E-state index in [4.69, 9.17) is 4.74 Å². The Balaban J connectivity index is 2.19. The van der Waals surface area contributed by atoms with Gasteiger partial charge in [0.25, 0.3) is 11.9 Å². The number of amides is 1. The first-order valence-corrected chi connectivity index (χ1v) is 6.36. The summed E-state index contributed by atoms with van der Waals surface area (Å²) in [5.41, 5.74) is 0.440. The number of nitrogens with zero attached hydrogens (tertiary/aromatic N) is 3. The van der Waals surface area contributed by atoms with E-state index in [-0.39, 0.29) is 18.0 Å². The number of aromatic amines is 1. The van der Waals surface area contributed by atoms with Gasteiger partial charge in [-0.3, -0.25) is 10.1 Å². The molecule has 2 N–H and O–H groups in total. The van der Waals surface area contributed by atoms with Crippen LogP contribution in [0, 0.1) is 0 Å². The SMILES string of the molecule is CC(C)Oc1cc(Br)cc(C(=O)Nc2nn[nH]n2)c1. The summed E-state index contributed by atoms with van der Waals surface area (Å²) in [6.45, 7) is 3.83. The summed E-state index contributed by atoms with van der Waals surface area (Å²) >= 11 is 3.34. The van der Waals surface area contributed by atoms with Crippen molar-refractivity contribution in [2.24, 2.45) is 0 Å². The molecule has 0 aliphatic heterocycles. The Bertz CT molecular complexity index is 570. The molecular weight excluding hydrogens is 314 g/mol. The second-order valence-corrected chi connectivity index (χ2v) is 4.95. The predicted octanol–water partition coefficient (Wildman–Crippen LogP) is 2.00. The van der Waals surface area contributed by atoms with Crippen LogP contribution in [0.3, 0.4) is 0 Å². The number of anilines is 1. The average Bonchev–Trinajstić information content (AvgIpc) is 2.80. The minimum Gasteiger partial charge on any atom is -0.491 e. The first-order chi connectivity index (χ1) is 9.04. The van der Waals surface area contributed by atoms with Gasteiger partial charge in [-0.2, -0.15) is 5.21 Å². The van der Waals surface area contributed by atoms with Crippen molar-refractivity contribution in [3.63, 3.8) is 0 Å². The van der Waals surface area contributed by atoms with Crippen LogP contribution in [0.1, 0.15) is 24.2 Å². The smallest absolute Gasteiger partial charge is 0.270 e. The summed E-state index contributed by atoms with van der Waals surface area (Å²) in [4.78, 5) is 12.0. The van der Waals surface area contributed by atoms with E-state index >= 15 is 0 Å². The summed E-state index contributed by atoms with van der Waals surface area (Å²) < 4.78 is 6.31. The molecular formula is C11H12BrN5O2. The molecule has 0 aliphatic rings. The van der Waals surface area contributed by atoms with Gasteiger partial charge in [-0.25, -0.2) is 0 Å². The van der Waals surface area contributed by atoms with Gasteiger partial charge in [-0.1, -0.05) is 21.0 Å². The molecule has 0 bridgehead atoms. The summed E-state index contributed by atoms with van der Waals surface area (Å²) in [7, 11) is 0. The molecule has 8 heteroatoms. The number of tetrazole rings is 1.